The summed E-state index contributed by atoms with van der Waals surface area (Å²) >= 11 is 6.60. The molecule has 176 valence electrons. The average Bonchev–Trinajstić information content (AvgIpc) is 3.10. The zero-order valence-electron chi connectivity index (χ0n) is 19.6. The van der Waals surface area contributed by atoms with Crippen molar-refractivity contribution in [1.82, 2.24) is 4.90 Å². The molecule has 0 N–H and O–H groups in total. The molecule has 7 heteroatoms. The molecule has 1 fully saturated rings. The van der Waals surface area contributed by atoms with E-state index in [-0.39, 0.29) is 5.91 Å². The van der Waals surface area contributed by atoms with Gasteiger partial charge in [0.1, 0.15) is 10.1 Å². The summed E-state index contributed by atoms with van der Waals surface area (Å²) < 4.78 is 18.1. The maximum absolute atomic E-state index is 12.4. The van der Waals surface area contributed by atoms with Crippen molar-refractivity contribution in [2.75, 3.05) is 26.9 Å². The van der Waals surface area contributed by atoms with Crippen LogP contribution in [0.1, 0.15) is 50.7 Å². The van der Waals surface area contributed by atoms with Gasteiger partial charge < -0.3 is 14.2 Å². The summed E-state index contributed by atoms with van der Waals surface area (Å²) in [6.45, 7) is 7.98. The topological polar surface area (TPSA) is 48.0 Å². The predicted octanol–water partition coefficient (Wildman–Crippen LogP) is 6.28. The number of benzene rings is 2. The minimum absolute atomic E-state index is 0.0540. The van der Waals surface area contributed by atoms with Crippen LogP contribution in [0.5, 0.6) is 17.2 Å². The van der Waals surface area contributed by atoms with Crippen LogP contribution < -0.4 is 14.2 Å². The monoisotopic (exact) mass is 485 g/mol. The number of ether oxygens (including phenoxy) is 3. The summed E-state index contributed by atoms with van der Waals surface area (Å²) in [5.74, 6) is 2.64. The molecule has 0 aromatic heterocycles. The Hall–Kier alpha value is -2.51. The van der Waals surface area contributed by atoms with Gasteiger partial charge in [-0.05, 0) is 54.7 Å². The van der Waals surface area contributed by atoms with E-state index in [9.17, 15) is 4.79 Å². The smallest absolute Gasteiger partial charge is 0.266 e. The highest BCUT2D eigenvalue weighted by atomic mass is 32.2. The molecule has 2 aromatic carbocycles. The predicted molar refractivity (Wildman–Crippen MR) is 139 cm³/mol. The third-order valence-electron chi connectivity index (χ3n) is 5.54. The lowest BCUT2D eigenvalue weighted by atomic mass is 9.98. The summed E-state index contributed by atoms with van der Waals surface area (Å²) in [5, 5.41) is 0. The van der Waals surface area contributed by atoms with E-state index in [0.717, 1.165) is 24.2 Å². The zero-order valence-corrected chi connectivity index (χ0v) is 21.3. The number of likely N-dealkylation sites (N-methyl/N-ethyl adjacent to an activating group) is 1. The Kier molecular flexibility index (Phi) is 9.21. The largest absolute Gasteiger partial charge is 0.493 e. The number of amides is 1. The first kappa shape index (κ1) is 25.1. The van der Waals surface area contributed by atoms with Crippen molar-refractivity contribution in [3.8, 4) is 17.2 Å². The fourth-order valence-corrected chi connectivity index (χ4v) is 4.86. The number of para-hydroxylation sites is 1. The van der Waals surface area contributed by atoms with Crippen molar-refractivity contribution < 1.29 is 19.0 Å². The lowest BCUT2D eigenvalue weighted by Gasteiger charge is -2.16. The first-order valence-electron chi connectivity index (χ1n) is 11.3. The lowest BCUT2D eigenvalue weighted by molar-refractivity contribution is -0.121. The number of hydrogen-bond acceptors (Lipinski definition) is 6. The van der Waals surface area contributed by atoms with Gasteiger partial charge in [0.05, 0.1) is 25.2 Å². The number of carbonyl (C=O) groups is 1. The Bertz CT molecular complexity index is 1020. The molecule has 1 heterocycles. The van der Waals surface area contributed by atoms with Crippen LogP contribution in [-0.4, -0.2) is 42.0 Å². The van der Waals surface area contributed by atoms with Gasteiger partial charge in [-0.25, -0.2) is 0 Å². The van der Waals surface area contributed by atoms with E-state index in [2.05, 4.69) is 26.0 Å². The molecule has 2 aromatic rings. The van der Waals surface area contributed by atoms with Gasteiger partial charge in [0.25, 0.3) is 5.91 Å². The van der Waals surface area contributed by atoms with E-state index >= 15 is 0 Å². The molecule has 0 saturated carbocycles. The molecule has 0 spiro atoms. The van der Waals surface area contributed by atoms with Crippen LogP contribution in [0.15, 0.2) is 47.4 Å². The molecule has 33 heavy (non-hydrogen) atoms. The van der Waals surface area contributed by atoms with Gasteiger partial charge in [0, 0.05) is 13.0 Å². The highest BCUT2D eigenvalue weighted by molar-refractivity contribution is 8.26. The molecular formula is C26H31NO4S2. The van der Waals surface area contributed by atoms with Crippen molar-refractivity contribution in [3.05, 3.63) is 58.5 Å². The van der Waals surface area contributed by atoms with Crippen LogP contribution in [0.3, 0.4) is 0 Å². The van der Waals surface area contributed by atoms with Crippen molar-refractivity contribution in [2.45, 2.75) is 39.5 Å². The molecule has 1 aliphatic heterocycles. The summed E-state index contributed by atoms with van der Waals surface area (Å²) in [5.41, 5.74) is 2.11. The second-order valence-electron chi connectivity index (χ2n) is 7.73. The first-order valence-corrected chi connectivity index (χ1v) is 12.5. The van der Waals surface area contributed by atoms with Crippen LogP contribution in [-0.2, 0) is 4.79 Å². The van der Waals surface area contributed by atoms with Gasteiger partial charge in [-0.15, -0.1) is 0 Å². The zero-order chi connectivity index (χ0) is 23.8. The number of carbonyl (C=O) groups excluding carboxylic acids is 1. The van der Waals surface area contributed by atoms with E-state index in [1.54, 1.807) is 12.0 Å². The number of methoxy groups -OCH3 is 1. The number of hydrogen-bond donors (Lipinski definition) is 0. The fraction of sp³-hybridized carbons (Fsp3) is 0.385. The molecule has 0 radical (unpaired) electrons. The normalized spacial score (nSPS) is 15.8. The summed E-state index contributed by atoms with van der Waals surface area (Å²) in [6, 6.07) is 13.9. The third kappa shape index (κ3) is 6.30. The van der Waals surface area contributed by atoms with Gasteiger partial charge in [-0.2, -0.15) is 0 Å². The van der Waals surface area contributed by atoms with Crippen LogP contribution in [0.4, 0.5) is 0 Å². The number of thioether (sulfide) groups is 1. The van der Waals surface area contributed by atoms with Crippen LogP contribution >= 0.6 is 24.0 Å². The number of nitrogens with zero attached hydrogens (tertiary/aromatic N) is 1. The Morgan fingerprint density at radius 1 is 1.06 bits per heavy atom. The first-order chi connectivity index (χ1) is 16.0. The second kappa shape index (κ2) is 12.1. The van der Waals surface area contributed by atoms with E-state index in [1.165, 1.54) is 17.3 Å². The molecule has 1 unspecified atom stereocenters. The van der Waals surface area contributed by atoms with Crippen LogP contribution in [0, 0.1) is 0 Å². The van der Waals surface area contributed by atoms with Crippen molar-refractivity contribution in [1.29, 1.82) is 0 Å². The van der Waals surface area contributed by atoms with Crippen LogP contribution in [0.25, 0.3) is 6.08 Å². The SMILES string of the molecule is CCC(C)c1ccccc1OCCCOc1ccc(/C=C2\SC(=S)N(CC)C2=O)cc1OC. The molecule has 1 saturated heterocycles. The maximum atomic E-state index is 12.4. The van der Waals surface area contributed by atoms with Gasteiger partial charge in [-0.1, -0.05) is 62.1 Å². The van der Waals surface area contributed by atoms with Gasteiger partial charge >= 0.3 is 0 Å². The quantitative estimate of drug-likeness (QED) is 0.212. The molecule has 0 aliphatic carbocycles. The Morgan fingerprint density at radius 2 is 1.79 bits per heavy atom. The highest BCUT2D eigenvalue weighted by Crippen LogP contribution is 2.34. The molecule has 1 aliphatic rings. The Balaban J connectivity index is 1.56. The lowest BCUT2D eigenvalue weighted by Crippen LogP contribution is -2.27. The summed E-state index contributed by atoms with van der Waals surface area (Å²) in [7, 11) is 1.61. The van der Waals surface area contributed by atoms with Gasteiger partial charge in [0.15, 0.2) is 11.5 Å². The van der Waals surface area contributed by atoms with E-state index in [0.29, 0.717) is 46.4 Å². The third-order valence-corrected chi connectivity index (χ3v) is 6.92. The van der Waals surface area contributed by atoms with E-state index < -0.39 is 0 Å². The second-order valence-corrected chi connectivity index (χ2v) is 9.41. The number of rotatable bonds is 11. The molecule has 1 amide bonds. The molecule has 0 bridgehead atoms. The maximum Gasteiger partial charge on any atom is 0.266 e. The highest BCUT2D eigenvalue weighted by Gasteiger charge is 2.30. The number of thiocarbonyl (C=S) groups is 1. The van der Waals surface area contributed by atoms with Crippen molar-refractivity contribution >= 4 is 40.3 Å². The molecule has 3 rings (SSSR count). The van der Waals surface area contributed by atoms with Crippen molar-refractivity contribution in [3.63, 3.8) is 0 Å². The average molecular weight is 486 g/mol. The fourth-order valence-electron chi connectivity index (χ4n) is 3.48. The van der Waals surface area contributed by atoms with Crippen molar-refractivity contribution in [2.24, 2.45) is 0 Å². The van der Waals surface area contributed by atoms with E-state index in [4.69, 9.17) is 26.4 Å². The Labute approximate surface area is 206 Å². The Morgan fingerprint density at radius 3 is 2.45 bits per heavy atom. The minimum Gasteiger partial charge on any atom is -0.493 e. The van der Waals surface area contributed by atoms with Gasteiger partial charge in [0.2, 0.25) is 0 Å². The summed E-state index contributed by atoms with van der Waals surface area (Å²) in [6.07, 6.45) is 3.66. The molecule has 1 atom stereocenters. The summed E-state index contributed by atoms with van der Waals surface area (Å²) in [4.78, 5) is 14.7. The minimum atomic E-state index is -0.0540. The van der Waals surface area contributed by atoms with E-state index in [1.807, 2.05) is 43.3 Å². The van der Waals surface area contributed by atoms with Crippen LogP contribution in [0.2, 0.25) is 0 Å². The molecule has 5 nitrogen and oxygen atoms in total. The standard InChI is InChI=1S/C26H31NO4S2/c1-5-18(3)20-10-7-8-11-21(20)30-14-9-15-31-22-13-12-19(16-23(22)29-4)17-24-25(28)27(6-2)26(32)33-24/h7-8,10-13,16-18H,5-6,9,14-15H2,1-4H3/b24-17-. The van der Waals surface area contributed by atoms with Gasteiger partial charge in [-0.3, -0.25) is 9.69 Å². The molecular weight excluding hydrogens is 454 g/mol.